The van der Waals surface area contributed by atoms with Crippen molar-refractivity contribution >= 4 is 38.9 Å². The first-order valence-electron chi connectivity index (χ1n) is 16.4. The molecule has 0 N–H and O–H groups in total. The molecule has 0 radical (unpaired) electrons. The van der Waals surface area contributed by atoms with Gasteiger partial charge < -0.3 is 9.47 Å². The Morgan fingerprint density at radius 2 is 1.09 bits per heavy atom. The second-order valence-corrected chi connectivity index (χ2v) is 13.0. The smallest absolute Gasteiger partial charge is 0.0562 e. The monoisotopic (exact) mass is 602 g/mol. The number of fused-ring (bicyclic) bond motifs is 6. The average molecular weight is 603 g/mol. The summed E-state index contributed by atoms with van der Waals surface area (Å²) in [7, 11) is 0. The van der Waals surface area contributed by atoms with E-state index in [4.69, 9.17) is 0 Å². The minimum absolute atomic E-state index is 0.00908. The minimum atomic E-state index is 0.00908. The lowest BCUT2D eigenvalue weighted by Crippen LogP contribution is -2.14. The number of hydrogen-bond acceptors (Lipinski definition) is 1. The van der Waals surface area contributed by atoms with Crippen LogP contribution in [0.5, 0.6) is 0 Å². The van der Waals surface area contributed by atoms with Gasteiger partial charge in [-0.1, -0.05) is 123 Å². The number of benzene rings is 7. The van der Waals surface area contributed by atoms with Gasteiger partial charge in [0.2, 0.25) is 0 Å². The normalized spacial score (nSPS) is 13.1. The average Bonchev–Trinajstić information content (AvgIpc) is 3.59. The SMILES string of the molecule is CC1(C)c2ccccc2-c2cc(-c3ccc(N(c4ccccc4)c4cccc5c4c4ccccc4n5-c4ccccc4)cc3)ccc21. The third kappa shape index (κ3) is 4.26. The Labute approximate surface area is 275 Å². The van der Waals surface area contributed by atoms with E-state index in [9.17, 15) is 0 Å². The van der Waals surface area contributed by atoms with Crippen LogP contribution in [-0.2, 0) is 5.41 Å². The molecule has 1 aliphatic carbocycles. The van der Waals surface area contributed by atoms with Gasteiger partial charge in [-0.2, -0.15) is 0 Å². The zero-order valence-corrected chi connectivity index (χ0v) is 26.6. The highest BCUT2D eigenvalue weighted by atomic mass is 15.1. The van der Waals surface area contributed by atoms with Crippen molar-refractivity contribution in [1.29, 1.82) is 0 Å². The molecule has 0 aliphatic heterocycles. The van der Waals surface area contributed by atoms with Crippen molar-refractivity contribution in [1.82, 2.24) is 4.57 Å². The number of aromatic nitrogens is 1. The summed E-state index contributed by atoms with van der Waals surface area (Å²) in [6, 6.07) is 61.7. The fourth-order valence-electron chi connectivity index (χ4n) is 7.75. The highest BCUT2D eigenvalue weighted by molar-refractivity contribution is 6.16. The number of anilines is 3. The first kappa shape index (κ1) is 27.5. The van der Waals surface area contributed by atoms with E-state index in [-0.39, 0.29) is 5.41 Å². The first-order valence-corrected chi connectivity index (χ1v) is 16.4. The van der Waals surface area contributed by atoms with Crippen LogP contribution in [0.25, 0.3) is 49.7 Å². The van der Waals surface area contributed by atoms with E-state index in [1.807, 2.05) is 0 Å². The highest BCUT2D eigenvalue weighted by Gasteiger charge is 2.35. The molecule has 9 rings (SSSR count). The highest BCUT2D eigenvalue weighted by Crippen LogP contribution is 2.50. The Balaban J connectivity index is 1.20. The van der Waals surface area contributed by atoms with Gasteiger partial charge in [0.25, 0.3) is 0 Å². The summed E-state index contributed by atoms with van der Waals surface area (Å²) in [5, 5.41) is 2.47. The van der Waals surface area contributed by atoms with E-state index in [0.29, 0.717) is 0 Å². The Morgan fingerprint density at radius 1 is 0.468 bits per heavy atom. The molecule has 2 nitrogen and oxygen atoms in total. The predicted octanol–water partition coefficient (Wildman–Crippen LogP) is 12.2. The Kier molecular flexibility index (Phi) is 6.20. The molecule has 2 heteroatoms. The van der Waals surface area contributed by atoms with Gasteiger partial charge in [-0.3, -0.25) is 0 Å². The molecule has 0 atom stereocenters. The molecule has 1 aliphatic rings. The molecule has 0 unspecified atom stereocenters. The fourth-order valence-corrected chi connectivity index (χ4v) is 7.75. The van der Waals surface area contributed by atoms with Crippen LogP contribution in [-0.4, -0.2) is 4.57 Å². The van der Waals surface area contributed by atoms with E-state index in [2.05, 4.69) is 193 Å². The van der Waals surface area contributed by atoms with E-state index in [1.54, 1.807) is 0 Å². The van der Waals surface area contributed by atoms with Crippen molar-refractivity contribution in [3.8, 4) is 27.9 Å². The molecular weight excluding hydrogens is 569 g/mol. The third-order valence-corrected chi connectivity index (χ3v) is 9.99. The maximum Gasteiger partial charge on any atom is 0.0562 e. The van der Waals surface area contributed by atoms with Crippen molar-refractivity contribution in [2.24, 2.45) is 0 Å². The summed E-state index contributed by atoms with van der Waals surface area (Å²) >= 11 is 0. The summed E-state index contributed by atoms with van der Waals surface area (Å²) in [4.78, 5) is 2.40. The van der Waals surface area contributed by atoms with Gasteiger partial charge in [-0.15, -0.1) is 0 Å². The summed E-state index contributed by atoms with van der Waals surface area (Å²) in [5.74, 6) is 0. The number of para-hydroxylation sites is 3. The van der Waals surface area contributed by atoms with Crippen LogP contribution in [0.3, 0.4) is 0 Å². The molecule has 0 amide bonds. The lowest BCUT2D eigenvalue weighted by molar-refractivity contribution is 0.660. The Hall–Kier alpha value is -5.86. The summed E-state index contributed by atoms with van der Waals surface area (Å²) in [6.07, 6.45) is 0. The quantitative estimate of drug-likeness (QED) is 0.190. The van der Waals surface area contributed by atoms with Crippen LogP contribution in [0.4, 0.5) is 17.1 Å². The van der Waals surface area contributed by atoms with Crippen LogP contribution < -0.4 is 4.90 Å². The molecule has 0 bridgehead atoms. The number of nitrogens with zero attached hydrogens (tertiary/aromatic N) is 2. The van der Waals surface area contributed by atoms with Crippen LogP contribution in [0.1, 0.15) is 25.0 Å². The fraction of sp³-hybridized carbons (Fsp3) is 0.0667. The van der Waals surface area contributed by atoms with Crippen molar-refractivity contribution in [2.75, 3.05) is 4.90 Å². The topological polar surface area (TPSA) is 8.17 Å². The van der Waals surface area contributed by atoms with Crippen LogP contribution >= 0.6 is 0 Å². The van der Waals surface area contributed by atoms with Gasteiger partial charge >= 0.3 is 0 Å². The predicted molar refractivity (Wildman–Crippen MR) is 198 cm³/mol. The summed E-state index contributed by atoms with van der Waals surface area (Å²) in [5.41, 5.74) is 14.9. The number of hydrogen-bond donors (Lipinski definition) is 0. The molecule has 1 aromatic heterocycles. The molecular formula is C45H34N2. The summed E-state index contributed by atoms with van der Waals surface area (Å²) < 4.78 is 2.38. The van der Waals surface area contributed by atoms with Gasteiger partial charge in [0.05, 0.1) is 16.7 Å². The molecule has 0 saturated heterocycles. The van der Waals surface area contributed by atoms with Gasteiger partial charge in [0, 0.05) is 33.2 Å². The molecule has 0 fully saturated rings. The second-order valence-electron chi connectivity index (χ2n) is 13.0. The molecule has 0 spiro atoms. The van der Waals surface area contributed by atoms with Crippen LogP contribution in [0.15, 0.2) is 170 Å². The summed E-state index contributed by atoms with van der Waals surface area (Å²) in [6.45, 7) is 4.67. The third-order valence-electron chi connectivity index (χ3n) is 9.99. The zero-order chi connectivity index (χ0) is 31.5. The minimum Gasteiger partial charge on any atom is -0.310 e. The molecule has 8 aromatic rings. The molecule has 47 heavy (non-hydrogen) atoms. The van der Waals surface area contributed by atoms with E-state index in [1.165, 1.54) is 55.2 Å². The van der Waals surface area contributed by atoms with Crippen molar-refractivity contribution in [3.05, 3.63) is 181 Å². The lowest BCUT2D eigenvalue weighted by Gasteiger charge is -2.26. The van der Waals surface area contributed by atoms with E-state index < -0.39 is 0 Å². The van der Waals surface area contributed by atoms with Gasteiger partial charge in [-0.25, -0.2) is 0 Å². The maximum absolute atomic E-state index is 2.40. The Morgan fingerprint density at radius 3 is 1.89 bits per heavy atom. The standard InChI is InChI=1S/C45H34N2/c1-45(2)39-20-11-9-18-36(39)38-30-32(26-29-40(38)45)31-24-27-35(28-25-31)46(33-14-5-3-6-15-33)42-22-13-23-43-44(42)37-19-10-12-21-41(37)47(43)34-16-7-4-8-17-34/h3-30H,1-2H3. The van der Waals surface area contributed by atoms with E-state index >= 15 is 0 Å². The maximum atomic E-state index is 2.40. The van der Waals surface area contributed by atoms with Crippen molar-refractivity contribution < 1.29 is 0 Å². The zero-order valence-electron chi connectivity index (χ0n) is 26.6. The molecule has 7 aromatic carbocycles. The van der Waals surface area contributed by atoms with Gasteiger partial charge in [0.1, 0.15) is 0 Å². The molecule has 0 saturated carbocycles. The van der Waals surface area contributed by atoms with Crippen LogP contribution in [0.2, 0.25) is 0 Å². The van der Waals surface area contributed by atoms with Gasteiger partial charge in [-0.05, 0) is 94.0 Å². The van der Waals surface area contributed by atoms with Crippen LogP contribution in [0, 0.1) is 0 Å². The second kappa shape index (κ2) is 10.6. The van der Waals surface area contributed by atoms with Crippen molar-refractivity contribution in [2.45, 2.75) is 19.3 Å². The first-order chi connectivity index (χ1) is 23.1. The molecule has 1 heterocycles. The van der Waals surface area contributed by atoms with Gasteiger partial charge in [0.15, 0.2) is 0 Å². The van der Waals surface area contributed by atoms with Crippen molar-refractivity contribution in [3.63, 3.8) is 0 Å². The molecule has 224 valence electrons. The lowest BCUT2D eigenvalue weighted by atomic mass is 9.82. The number of rotatable bonds is 5. The Bertz CT molecular complexity index is 2420. The largest absolute Gasteiger partial charge is 0.310 e. The van der Waals surface area contributed by atoms with E-state index in [0.717, 1.165) is 22.7 Å².